The molecule has 0 amide bonds. The molecular formula is C10H20N2. The van der Waals surface area contributed by atoms with Gasteiger partial charge in [-0.15, -0.1) is 0 Å². The Hall–Kier alpha value is -0.0800. The Bertz CT molecular complexity index is 158. The van der Waals surface area contributed by atoms with Crippen LogP contribution in [0.15, 0.2) is 0 Å². The van der Waals surface area contributed by atoms with Crippen molar-refractivity contribution < 1.29 is 0 Å². The van der Waals surface area contributed by atoms with Crippen molar-refractivity contribution in [2.24, 2.45) is 17.6 Å². The standard InChI is InChI=1S/C10H20N2/c1-12-6-8-4-2-3-5-9(8)10(11)7-12/h8-10H,2-7,11H2,1H3. The fourth-order valence-corrected chi connectivity index (χ4v) is 3.00. The maximum atomic E-state index is 6.14. The zero-order valence-electron chi connectivity index (χ0n) is 8.00. The number of piperidine rings is 1. The maximum Gasteiger partial charge on any atom is 0.0199 e. The summed E-state index contributed by atoms with van der Waals surface area (Å²) in [5.41, 5.74) is 6.14. The van der Waals surface area contributed by atoms with Crippen LogP contribution >= 0.6 is 0 Å². The highest BCUT2D eigenvalue weighted by Crippen LogP contribution is 2.34. The molecule has 2 fully saturated rings. The van der Waals surface area contributed by atoms with E-state index in [9.17, 15) is 0 Å². The van der Waals surface area contributed by atoms with E-state index in [1.165, 1.54) is 32.2 Å². The van der Waals surface area contributed by atoms with Crippen molar-refractivity contribution in [2.75, 3.05) is 20.1 Å². The highest BCUT2D eigenvalue weighted by molar-refractivity contribution is 4.90. The molecule has 2 nitrogen and oxygen atoms in total. The van der Waals surface area contributed by atoms with E-state index in [-0.39, 0.29) is 0 Å². The molecule has 2 heteroatoms. The van der Waals surface area contributed by atoms with E-state index in [1.54, 1.807) is 0 Å². The van der Waals surface area contributed by atoms with Crippen molar-refractivity contribution in [1.82, 2.24) is 4.90 Å². The van der Waals surface area contributed by atoms with Gasteiger partial charge in [-0.05, 0) is 31.7 Å². The Morgan fingerprint density at radius 2 is 1.92 bits per heavy atom. The molecule has 0 aromatic carbocycles. The molecule has 0 spiro atoms. The van der Waals surface area contributed by atoms with E-state index in [0.717, 1.165) is 18.4 Å². The smallest absolute Gasteiger partial charge is 0.0199 e. The number of rotatable bonds is 0. The van der Waals surface area contributed by atoms with Gasteiger partial charge >= 0.3 is 0 Å². The quantitative estimate of drug-likeness (QED) is 0.586. The van der Waals surface area contributed by atoms with Crippen LogP contribution < -0.4 is 5.73 Å². The minimum Gasteiger partial charge on any atom is -0.326 e. The lowest BCUT2D eigenvalue weighted by molar-refractivity contribution is 0.0845. The van der Waals surface area contributed by atoms with Crippen LogP contribution in [-0.4, -0.2) is 31.1 Å². The van der Waals surface area contributed by atoms with E-state index >= 15 is 0 Å². The van der Waals surface area contributed by atoms with E-state index in [1.807, 2.05) is 0 Å². The average molecular weight is 168 g/mol. The topological polar surface area (TPSA) is 29.3 Å². The Morgan fingerprint density at radius 3 is 2.75 bits per heavy atom. The molecule has 0 aromatic rings. The molecule has 2 N–H and O–H groups in total. The Balaban J connectivity index is 2.01. The number of nitrogens with two attached hydrogens (primary N) is 1. The first-order chi connectivity index (χ1) is 5.77. The zero-order valence-corrected chi connectivity index (χ0v) is 8.00. The van der Waals surface area contributed by atoms with Crippen LogP contribution in [0.3, 0.4) is 0 Å². The van der Waals surface area contributed by atoms with Crippen molar-refractivity contribution in [2.45, 2.75) is 31.7 Å². The van der Waals surface area contributed by atoms with Crippen molar-refractivity contribution in [3.05, 3.63) is 0 Å². The molecule has 2 rings (SSSR count). The molecule has 0 radical (unpaired) electrons. The van der Waals surface area contributed by atoms with Crippen LogP contribution in [0, 0.1) is 11.8 Å². The summed E-state index contributed by atoms with van der Waals surface area (Å²) in [6.07, 6.45) is 5.66. The van der Waals surface area contributed by atoms with Crippen LogP contribution in [0.4, 0.5) is 0 Å². The molecule has 1 saturated carbocycles. The minimum absolute atomic E-state index is 0.453. The van der Waals surface area contributed by atoms with Gasteiger partial charge in [-0.25, -0.2) is 0 Å². The van der Waals surface area contributed by atoms with E-state index in [2.05, 4.69) is 11.9 Å². The fourth-order valence-electron chi connectivity index (χ4n) is 3.00. The lowest BCUT2D eigenvalue weighted by Crippen LogP contribution is -2.52. The Labute approximate surface area is 75.1 Å². The number of fused-ring (bicyclic) bond motifs is 1. The molecule has 1 aliphatic heterocycles. The largest absolute Gasteiger partial charge is 0.326 e. The second-order valence-corrected chi connectivity index (χ2v) is 4.59. The van der Waals surface area contributed by atoms with Crippen LogP contribution in [0.1, 0.15) is 25.7 Å². The minimum atomic E-state index is 0.453. The number of hydrogen-bond donors (Lipinski definition) is 1. The molecule has 12 heavy (non-hydrogen) atoms. The first kappa shape index (κ1) is 8.52. The van der Waals surface area contributed by atoms with Gasteiger partial charge in [0.25, 0.3) is 0 Å². The third kappa shape index (κ3) is 1.50. The second-order valence-electron chi connectivity index (χ2n) is 4.59. The number of hydrogen-bond acceptors (Lipinski definition) is 2. The van der Waals surface area contributed by atoms with Crippen LogP contribution in [0.25, 0.3) is 0 Å². The molecule has 1 heterocycles. The summed E-state index contributed by atoms with van der Waals surface area (Å²) in [5, 5.41) is 0. The van der Waals surface area contributed by atoms with Crippen LogP contribution in [0.5, 0.6) is 0 Å². The second kappa shape index (κ2) is 3.35. The van der Waals surface area contributed by atoms with E-state index in [4.69, 9.17) is 5.73 Å². The molecule has 3 unspecified atom stereocenters. The fraction of sp³-hybridized carbons (Fsp3) is 1.00. The van der Waals surface area contributed by atoms with Gasteiger partial charge in [-0.3, -0.25) is 0 Å². The SMILES string of the molecule is CN1CC(N)C2CCCCC2C1. The Kier molecular flexibility index (Phi) is 2.37. The van der Waals surface area contributed by atoms with Gasteiger partial charge in [0.2, 0.25) is 0 Å². The number of nitrogens with zero attached hydrogens (tertiary/aromatic N) is 1. The van der Waals surface area contributed by atoms with Gasteiger partial charge < -0.3 is 10.6 Å². The highest BCUT2D eigenvalue weighted by Gasteiger charge is 2.34. The van der Waals surface area contributed by atoms with Crippen molar-refractivity contribution in [1.29, 1.82) is 0 Å². The average Bonchev–Trinajstić information content (AvgIpc) is 2.04. The molecule has 0 bridgehead atoms. The predicted molar refractivity (Wildman–Crippen MR) is 50.9 cm³/mol. The predicted octanol–water partition coefficient (Wildman–Crippen LogP) is 1.07. The Morgan fingerprint density at radius 1 is 1.17 bits per heavy atom. The monoisotopic (exact) mass is 168 g/mol. The van der Waals surface area contributed by atoms with Gasteiger partial charge in [0.05, 0.1) is 0 Å². The van der Waals surface area contributed by atoms with Crippen molar-refractivity contribution in [3.63, 3.8) is 0 Å². The third-order valence-corrected chi connectivity index (χ3v) is 3.59. The van der Waals surface area contributed by atoms with Gasteiger partial charge in [-0.1, -0.05) is 12.8 Å². The van der Waals surface area contributed by atoms with Gasteiger partial charge in [-0.2, -0.15) is 0 Å². The summed E-state index contributed by atoms with van der Waals surface area (Å²) in [6, 6.07) is 0.453. The molecule has 1 aliphatic carbocycles. The summed E-state index contributed by atoms with van der Waals surface area (Å²) in [4.78, 5) is 2.40. The summed E-state index contributed by atoms with van der Waals surface area (Å²) >= 11 is 0. The molecule has 2 aliphatic rings. The summed E-state index contributed by atoms with van der Waals surface area (Å²) < 4.78 is 0. The zero-order chi connectivity index (χ0) is 8.55. The number of likely N-dealkylation sites (N-methyl/N-ethyl adjacent to an activating group) is 1. The highest BCUT2D eigenvalue weighted by atomic mass is 15.1. The first-order valence-corrected chi connectivity index (χ1v) is 5.21. The lowest BCUT2D eigenvalue weighted by Gasteiger charge is -2.43. The van der Waals surface area contributed by atoms with Crippen molar-refractivity contribution >= 4 is 0 Å². The first-order valence-electron chi connectivity index (χ1n) is 5.21. The molecular weight excluding hydrogens is 148 g/mol. The van der Waals surface area contributed by atoms with Crippen LogP contribution in [0.2, 0.25) is 0 Å². The van der Waals surface area contributed by atoms with Gasteiger partial charge in [0.1, 0.15) is 0 Å². The molecule has 1 saturated heterocycles. The van der Waals surface area contributed by atoms with Crippen molar-refractivity contribution in [3.8, 4) is 0 Å². The molecule has 3 atom stereocenters. The van der Waals surface area contributed by atoms with Gasteiger partial charge in [0.15, 0.2) is 0 Å². The molecule has 70 valence electrons. The lowest BCUT2D eigenvalue weighted by atomic mass is 9.73. The van der Waals surface area contributed by atoms with Crippen LogP contribution in [-0.2, 0) is 0 Å². The third-order valence-electron chi connectivity index (χ3n) is 3.59. The van der Waals surface area contributed by atoms with Gasteiger partial charge in [0, 0.05) is 19.1 Å². The summed E-state index contributed by atoms with van der Waals surface area (Å²) in [5.74, 6) is 1.75. The maximum absolute atomic E-state index is 6.14. The summed E-state index contributed by atoms with van der Waals surface area (Å²) in [6.45, 7) is 2.40. The van der Waals surface area contributed by atoms with E-state index in [0.29, 0.717) is 6.04 Å². The molecule has 0 aromatic heterocycles. The number of likely N-dealkylation sites (tertiary alicyclic amines) is 1. The normalized spacial score (nSPS) is 44.0. The van der Waals surface area contributed by atoms with E-state index < -0.39 is 0 Å². The summed E-state index contributed by atoms with van der Waals surface area (Å²) in [7, 11) is 2.20.